The van der Waals surface area contributed by atoms with E-state index in [1.807, 2.05) is 35.0 Å². The Labute approximate surface area is 170 Å². The van der Waals surface area contributed by atoms with Gasteiger partial charge in [0, 0.05) is 17.1 Å². The maximum atomic E-state index is 13.0. The van der Waals surface area contributed by atoms with Gasteiger partial charge < -0.3 is 5.32 Å². The third-order valence-corrected chi connectivity index (χ3v) is 5.50. The van der Waals surface area contributed by atoms with Crippen LogP contribution in [0.5, 0.6) is 0 Å². The molecule has 4 nitrogen and oxygen atoms in total. The third-order valence-electron chi connectivity index (χ3n) is 5.25. The smallest absolute Gasteiger partial charge is 0.169 e. The minimum atomic E-state index is -0.0919. The van der Waals surface area contributed by atoms with Gasteiger partial charge in [0.25, 0.3) is 0 Å². The van der Waals surface area contributed by atoms with Gasteiger partial charge in [-0.3, -0.25) is 4.79 Å². The number of fused-ring (bicyclic) bond motifs is 1. The lowest BCUT2D eigenvalue weighted by atomic mass is 9.76. The molecular formula is C23H24ClN3O. The van der Waals surface area contributed by atoms with E-state index in [4.69, 9.17) is 16.7 Å². The van der Waals surface area contributed by atoms with E-state index in [-0.39, 0.29) is 11.2 Å². The van der Waals surface area contributed by atoms with Crippen LogP contribution in [-0.4, -0.2) is 15.6 Å². The molecule has 0 amide bonds. The molecule has 0 radical (unpaired) electrons. The van der Waals surface area contributed by atoms with E-state index in [2.05, 4.69) is 45.1 Å². The first-order valence-corrected chi connectivity index (χ1v) is 9.87. The highest BCUT2D eigenvalue weighted by Crippen LogP contribution is 2.39. The van der Waals surface area contributed by atoms with Crippen molar-refractivity contribution in [3.63, 3.8) is 0 Å². The molecule has 1 N–H and O–H groups in total. The van der Waals surface area contributed by atoms with Crippen molar-refractivity contribution in [2.45, 2.75) is 40.5 Å². The molecule has 0 spiro atoms. The van der Waals surface area contributed by atoms with Crippen molar-refractivity contribution >= 4 is 28.9 Å². The molecule has 1 heterocycles. The molecule has 3 aromatic rings. The van der Waals surface area contributed by atoms with Crippen LogP contribution in [0.1, 0.15) is 47.4 Å². The van der Waals surface area contributed by atoms with Gasteiger partial charge in [-0.05, 0) is 61.6 Å². The first-order valence-electron chi connectivity index (χ1n) is 9.49. The number of nitrogens with one attached hydrogen (secondary N) is 1. The summed E-state index contributed by atoms with van der Waals surface area (Å²) in [5, 5.41) is 8.89. The van der Waals surface area contributed by atoms with E-state index in [1.165, 1.54) is 5.56 Å². The zero-order chi connectivity index (χ0) is 20.1. The van der Waals surface area contributed by atoms with Gasteiger partial charge in [-0.15, -0.1) is 5.10 Å². The second kappa shape index (κ2) is 6.78. The van der Waals surface area contributed by atoms with Crippen molar-refractivity contribution in [1.29, 1.82) is 0 Å². The van der Waals surface area contributed by atoms with Crippen LogP contribution < -0.4 is 5.32 Å². The Morgan fingerprint density at radius 2 is 1.79 bits per heavy atom. The van der Waals surface area contributed by atoms with E-state index in [1.54, 1.807) is 0 Å². The zero-order valence-corrected chi connectivity index (χ0v) is 17.4. The Bertz CT molecular complexity index is 1060. The topological polar surface area (TPSA) is 46.9 Å². The average Bonchev–Trinajstić information content (AvgIpc) is 2.95. The summed E-state index contributed by atoms with van der Waals surface area (Å²) in [6.07, 6.45) is 1.31. The molecule has 0 atom stereocenters. The molecule has 144 valence electrons. The normalized spacial score (nSPS) is 15.4. The van der Waals surface area contributed by atoms with Gasteiger partial charge in [0.05, 0.1) is 16.9 Å². The standard InChI is InChI=1S/C23H24ClN3O/c1-14-5-10-18(15(2)11-14)25-22-21-19(12-23(3,4)13-20(21)28)27(26-22)17-8-6-16(24)7-9-17/h5-11H,12-13H2,1-4H3,(H,25,26). The van der Waals surface area contributed by atoms with E-state index < -0.39 is 0 Å². The molecule has 5 heteroatoms. The Hall–Kier alpha value is -2.59. The van der Waals surface area contributed by atoms with Crippen molar-refractivity contribution in [2.24, 2.45) is 5.41 Å². The first-order chi connectivity index (χ1) is 13.2. The molecule has 0 saturated carbocycles. The quantitative estimate of drug-likeness (QED) is 0.589. The summed E-state index contributed by atoms with van der Waals surface area (Å²) in [5.41, 5.74) is 5.76. The minimum absolute atomic E-state index is 0.0919. The summed E-state index contributed by atoms with van der Waals surface area (Å²) >= 11 is 6.06. The number of anilines is 2. The molecule has 28 heavy (non-hydrogen) atoms. The summed E-state index contributed by atoms with van der Waals surface area (Å²) in [6, 6.07) is 13.8. The molecule has 0 unspecified atom stereocenters. The maximum Gasteiger partial charge on any atom is 0.169 e. The SMILES string of the molecule is Cc1ccc(Nc2nn(-c3ccc(Cl)cc3)c3c2C(=O)CC(C)(C)C3)c(C)c1. The fraction of sp³-hybridized carbons (Fsp3) is 0.304. The van der Waals surface area contributed by atoms with Crippen LogP contribution in [-0.2, 0) is 6.42 Å². The number of nitrogens with zero attached hydrogens (tertiary/aromatic N) is 2. The molecule has 0 bridgehead atoms. The Balaban J connectivity index is 1.85. The molecule has 1 aliphatic carbocycles. The number of rotatable bonds is 3. The summed E-state index contributed by atoms with van der Waals surface area (Å²) in [4.78, 5) is 13.0. The lowest BCUT2D eigenvalue weighted by Gasteiger charge is -2.29. The number of aromatic nitrogens is 2. The van der Waals surface area contributed by atoms with Gasteiger partial charge >= 0.3 is 0 Å². The second-order valence-electron chi connectivity index (χ2n) is 8.44. The molecule has 0 saturated heterocycles. The largest absolute Gasteiger partial charge is 0.338 e. The van der Waals surface area contributed by atoms with Crippen molar-refractivity contribution in [3.05, 3.63) is 69.9 Å². The first kappa shape index (κ1) is 18.8. The van der Waals surface area contributed by atoms with Crippen molar-refractivity contribution in [2.75, 3.05) is 5.32 Å². The Kier molecular flexibility index (Phi) is 4.54. The molecule has 2 aromatic carbocycles. The summed E-state index contributed by atoms with van der Waals surface area (Å²) in [6.45, 7) is 8.39. The fourth-order valence-electron chi connectivity index (χ4n) is 3.91. The number of aryl methyl sites for hydroxylation is 2. The number of Topliss-reactive ketones (excluding diaryl/α,β-unsaturated/α-hetero) is 1. The van der Waals surface area contributed by atoms with Gasteiger partial charge in [0.2, 0.25) is 0 Å². The minimum Gasteiger partial charge on any atom is -0.338 e. The van der Waals surface area contributed by atoms with Crippen molar-refractivity contribution in [3.8, 4) is 5.69 Å². The van der Waals surface area contributed by atoms with Crippen LogP contribution in [0.25, 0.3) is 5.69 Å². The number of hydrogen-bond donors (Lipinski definition) is 1. The van der Waals surface area contributed by atoms with Crippen LogP contribution in [0.2, 0.25) is 5.02 Å². The van der Waals surface area contributed by atoms with E-state index >= 15 is 0 Å². The van der Waals surface area contributed by atoms with Gasteiger partial charge in [-0.25, -0.2) is 4.68 Å². The molecule has 1 aromatic heterocycles. The average molecular weight is 394 g/mol. The Morgan fingerprint density at radius 1 is 1.07 bits per heavy atom. The molecule has 1 aliphatic rings. The summed E-state index contributed by atoms with van der Waals surface area (Å²) < 4.78 is 1.89. The van der Waals surface area contributed by atoms with Crippen LogP contribution >= 0.6 is 11.6 Å². The number of halogens is 1. The number of benzene rings is 2. The summed E-state index contributed by atoms with van der Waals surface area (Å²) in [7, 11) is 0. The highest BCUT2D eigenvalue weighted by molar-refractivity contribution is 6.30. The predicted molar refractivity (Wildman–Crippen MR) is 114 cm³/mol. The molecule has 0 aliphatic heterocycles. The van der Waals surface area contributed by atoms with E-state index in [0.29, 0.717) is 22.8 Å². The highest BCUT2D eigenvalue weighted by Gasteiger charge is 2.37. The third kappa shape index (κ3) is 3.45. The molecular weight excluding hydrogens is 370 g/mol. The molecule has 0 fully saturated rings. The highest BCUT2D eigenvalue weighted by atomic mass is 35.5. The number of carbonyl (C=O) groups is 1. The molecule has 4 rings (SSSR count). The van der Waals surface area contributed by atoms with Crippen LogP contribution in [0.4, 0.5) is 11.5 Å². The number of hydrogen-bond acceptors (Lipinski definition) is 3. The second-order valence-corrected chi connectivity index (χ2v) is 8.88. The van der Waals surface area contributed by atoms with E-state index in [0.717, 1.165) is 29.1 Å². The number of ketones is 1. The van der Waals surface area contributed by atoms with Crippen molar-refractivity contribution in [1.82, 2.24) is 9.78 Å². The van der Waals surface area contributed by atoms with Crippen LogP contribution in [0, 0.1) is 19.3 Å². The lowest BCUT2D eigenvalue weighted by Crippen LogP contribution is -2.28. The monoisotopic (exact) mass is 393 g/mol. The Morgan fingerprint density at radius 3 is 2.46 bits per heavy atom. The van der Waals surface area contributed by atoms with Gasteiger partial charge in [-0.1, -0.05) is 43.1 Å². The van der Waals surface area contributed by atoms with Gasteiger partial charge in [0.1, 0.15) is 0 Å². The van der Waals surface area contributed by atoms with Crippen LogP contribution in [0.15, 0.2) is 42.5 Å². The summed E-state index contributed by atoms with van der Waals surface area (Å²) in [5.74, 6) is 0.760. The fourth-order valence-corrected chi connectivity index (χ4v) is 4.04. The van der Waals surface area contributed by atoms with Gasteiger partial charge in [0.15, 0.2) is 11.6 Å². The lowest BCUT2D eigenvalue weighted by molar-refractivity contribution is 0.0912. The maximum absolute atomic E-state index is 13.0. The number of carbonyl (C=O) groups excluding carboxylic acids is 1. The van der Waals surface area contributed by atoms with Crippen LogP contribution in [0.3, 0.4) is 0 Å². The predicted octanol–water partition coefficient (Wildman–Crippen LogP) is 6.04. The van der Waals surface area contributed by atoms with Gasteiger partial charge in [-0.2, -0.15) is 0 Å². The van der Waals surface area contributed by atoms with E-state index in [9.17, 15) is 4.79 Å². The zero-order valence-electron chi connectivity index (χ0n) is 16.6. The van der Waals surface area contributed by atoms with Crippen molar-refractivity contribution < 1.29 is 4.79 Å².